The molecule has 0 saturated heterocycles. The molecule has 1 aromatic rings. The van der Waals surface area contributed by atoms with Gasteiger partial charge in [0, 0.05) is 12.5 Å². The van der Waals surface area contributed by atoms with Crippen molar-refractivity contribution in [1.29, 1.82) is 5.26 Å². The van der Waals surface area contributed by atoms with Crippen molar-refractivity contribution in [3.8, 4) is 6.07 Å². The highest BCUT2D eigenvalue weighted by atomic mass is 35.5. The average Bonchev–Trinajstić information content (AvgIpc) is 2.29. The molecule has 0 aromatic carbocycles. The van der Waals surface area contributed by atoms with Crippen LogP contribution in [0.25, 0.3) is 0 Å². The predicted molar refractivity (Wildman–Crippen MR) is 61.5 cm³/mol. The first-order valence-electron chi connectivity index (χ1n) is 4.98. The SMILES string of the molecule is CCc1nc(Cl)cc(=O)n1CC(=O)NCC#N. The standard InChI is InChI=1S/C10H11ClN4O2/c1-2-8-14-7(11)5-10(17)15(8)6-9(16)13-4-3-12/h5H,2,4,6H2,1H3,(H,13,16). The second-order valence-electron chi connectivity index (χ2n) is 3.21. The van der Waals surface area contributed by atoms with E-state index in [1.165, 1.54) is 4.57 Å². The third-order valence-electron chi connectivity index (χ3n) is 2.04. The fourth-order valence-electron chi connectivity index (χ4n) is 1.30. The van der Waals surface area contributed by atoms with Gasteiger partial charge in [0.25, 0.3) is 5.56 Å². The molecule has 0 aliphatic heterocycles. The van der Waals surface area contributed by atoms with Gasteiger partial charge in [-0.05, 0) is 0 Å². The van der Waals surface area contributed by atoms with Crippen molar-refractivity contribution in [3.05, 3.63) is 27.4 Å². The van der Waals surface area contributed by atoms with E-state index >= 15 is 0 Å². The molecular weight excluding hydrogens is 244 g/mol. The first kappa shape index (κ1) is 13.2. The minimum atomic E-state index is -0.410. The highest BCUT2D eigenvalue weighted by molar-refractivity contribution is 6.29. The zero-order chi connectivity index (χ0) is 12.8. The number of nitrogens with one attached hydrogen (secondary N) is 1. The quantitative estimate of drug-likeness (QED) is 0.610. The summed E-state index contributed by atoms with van der Waals surface area (Å²) < 4.78 is 1.23. The Bertz CT molecular complexity index is 518. The first-order valence-corrected chi connectivity index (χ1v) is 5.36. The number of nitrogens with zero attached hydrogens (tertiary/aromatic N) is 3. The number of aromatic nitrogens is 2. The largest absolute Gasteiger partial charge is 0.341 e. The summed E-state index contributed by atoms with van der Waals surface area (Å²) >= 11 is 5.65. The number of aryl methyl sites for hydroxylation is 1. The highest BCUT2D eigenvalue weighted by Gasteiger charge is 2.09. The van der Waals surface area contributed by atoms with Crippen LogP contribution in [-0.2, 0) is 17.8 Å². The van der Waals surface area contributed by atoms with Crippen LogP contribution >= 0.6 is 11.6 Å². The summed E-state index contributed by atoms with van der Waals surface area (Å²) in [6, 6.07) is 2.93. The first-order chi connectivity index (χ1) is 8.08. The number of nitriles is 1. The monoisotopic (exact) mass is 254 g/mol. The van der Waals surface area contributed by atoms with Crippen molar-refractivity contribution in [3.63, 3.8) is 0 Å². The maximum Gasteiger partial charge on any atom is 0.255 e. The molecule has 0 spiro atoms. The zero-order valence-corrected chi connectivity index (χ0v) is 9.99. The molecule has 0 aliphatic carbocycles. The van der Waals surface area contributed by atoms with Crippen molar-refractivity contribution in [2.75, 3.05) is 6.54 Å². The van der Waals surface area contributed by atoms with Gasteiger partial charge in [-0.1, -0.05) is 18.5 Å². The van der Waals surface area contributed by atoms with Crippen LogP contribution in [0.3, 0.4) is 0 Å². The van der Waals surface area contributed by atoms with E-state index < -0.39 is 5.91 Å². The number of amides is 1. The minimum absolute atomic E-state index is 0.0872. The van der Waals surface area contributed by atoms with E-state index in [9.17, 15) is 9.59 Å². The van der Waals surface area contributed by atoms with E-state index in [2.05, 4.69) is 10.3 Å². The van der Waals surface area contributed by atoms with Gasteiger partial charge in [0.05, 0.1) is 6.07 Å². The van der Waals surface area contributed by atoms with E-state index in [1.54, 1.807) is 6.07 Å². The van der Waals surface area contributed by atoms with Gasteiger partial charge in [0.1, 0.15) is 24.1 Å². The maximum absolute atomic E-state index is 11.6. The summed E-state index contributed by atoms with van der Waals surface area (Å²) in [5.74, 6) is 0.0297. The van der Waals surface area contributed by atoms with Gasteiger partial charge in [-0.15, -0.1) is 0 Å². The van der Waals surface area contributed by atoms with Crippen LogP contribution in [0.4, 0.5) is 0 Å². The third-order valence-corrected chi connectivity index (χ3v) is 2.23. The second kappa shape index (κ2) is 6.01. The van der Waals surface area contributed by atoms with Crippen LogP contribution < -0.4 is 10.9 Å². The lowest BCUT2D eigenvalue weighted by atomic mass is 10.4. The van der Waals surface area contributed by atoms with E-state index in [-0.39, 0.29) is 23.8 Å². The maximum atomic E-state index is 11.6. The predicted octanol–water partition coefficient (Wildman–Crippen LogP) is 0.0989. The number of hydrogen-bond donors (Lipinski definition) is 1. The molecule has 6 nitrogen and oxygen atoms in total. The van der Waals surface area contributed by atoms with Crippen LogP contribution in [0.5, 0.6) is 0 Å². The second-order valence-corrected chi connectivity index (χ2v) is 3.60. The Kier molecular flexibility index (Phi) is 4.67. The van der Waals surface area contributed by atoms with Crippen molar-refractivity contribution >= 4 is 17.5 Å². The van der Waals surface area contributed by atoms with Crippen LogP contribution in [0, 0.1) is 11.3 Å². The van der Waals surface area contributed by atoms with Crippen molar-refractivity contribution in [2.45, 2.75) is 19.9 Å². The number of hydrogen-bond acceptors (Lipinski definition) is 4. The molecule has 0 unspecified atom stereocenters. The van der Waals surface area contributed by atoms with Gasteiger partial charge < -0.3 is 5.32 Å². The Morgan fingerprint density at radius 1 is 1.71 bits per heavy atom. The van der Waals surface area contributed by atoms with E-state index in [4.69, 9.17) is 16.9 Å². The summed E-state index contributed by atoms with van der Waals surface area (Å²) in [7, 11) is 0. The number of rotatable bonds is 4. The molecule has 17 heavy (non-hydrogen) atoms. The average molecular weight is 255 g/mol. The van der Waals surface area contributed by atoms with E-state index in [1.807, 2.05) is 6.92 Å². The Labute approximate surface area is 103 Å². The number of carbonyl (C=O) groups is 1. The van der Waals surface area contributed by atoms with E-state index in [0.717, 1.165) is 6.07 Å². The summed E-state index contributed by atoms with van der Waals surface area (Å²) in [6.45, 7) is 1.56. The molecule has 0 saturated carbocycles. The van der Waals surface area contributed by atoms with Crippen molar-refractivity contribution in [1.82, 2.24) is 14.9 Å². The molecule has 0 aliphatic rings. The summed E-state index contributed by atoms with van der Waals surface area (Å²) in [5.41, 5.74) is -0.381. The smallest absolute Gasteiger partial charge is 0.255 e. The number of carbonyl (C=O) groups excluding carboxylic acids is 1. The fraction of sp³-hybridized carbons (Fsp3) is 0.400. The van der Waals surface area contributed by atoms with Crippen LogP contribution in [-0.4, -0.2) is 22.0 Å². The molecule has 1 heterocycles. The van der Waals surface area contributed by atoms with Crippen LogP contribution in [0.1, 0.15) is 12.7 Å². The summed E-state index contributed by atoms with van der Waals surface area (Å²) in [4.78, 5) is 27.0. The van der Waals surface area contributed by atoms with Gasteiger partial charge in [-0.3, -0.25) is 14.2 Å². The normalized spacial score (nSPS) is 9.71. The van der Waals surface area contributed by atoms with Gasteiger partial charge in [-0.2, -0.15) is 5.26 Å². The topological polar surface area (TPSA) is 87.8 Å². The molecule has 1 amide bonds. The van der Waals surface area contributed by atoms with Gasteiger partial charge >= 0.3 is 0 Å². The molecule has 0 fully saturated rings. The Morgan fingerprint density at radius 2 is 2.41 bits per heavy atom. The van der Waals surface area contributed by atoms with Gasteiger partial charge in [-0.25, -0.2) is 4.98 Å². The molecule has 0 bridgehead atoms. The fourth-order valence-corrected chi connectivity index (χ4v) is 1.49. The lowest BCUT2D eigenvalue weighted by Gasteiger charge is -2.09. The van der Waals surface area contributed by atoms with Crippen LogP contribution in [0.2, 0.25) is 5.15 Å². The molecule has 7 heteroatoms. The summed E-state index contributed by atoms with van der Waals surface area (Å²) in [6.07, 6.45) is 0.487. The van der Waals surface area contributed by atoms with Crippen LogP contribution in [0.15, 0.2) is 10.9 Å². The minimum Gasteiger partial charge on any atom is -0.341 e. The molecule has 1 N–H and O–H groups in total. The molecule has 0 atom stereocenters. The van der Waals surface area contributed by atoms with Gasteiger partial charge in [0.2, 0.25) is 5.91 Å². The molecule has 0 radical (unpaired) electrons. The van der Waals surface area contributed by atoms with Gasteiger partial charge in [0.15, 0.2) is 0 Å². The Hall–Kier alpha value is -1.87. The molecular formula is C10H11ClN4O2. The third kappa shape index (κ3) is 3.57. The lowest BCUT2D eigenvalue weighted by Crippen LogP contribution is -2.34. The summed E-state index contributed by atoms with van der Waals surface area (Å²) in [5, 5.41) is 10.8. The number of halogens is 1. The molecule has 1 rings (SSSR count). The zero-order valence-electron chi connectivity index (χ0n) is 9.23. The van der Waals surface area contributed by atoms with E-state index in [0.29, 0.717) is 12.2 Å². The Morgan fingerprint density at radius 3 is 3.00 bits per heavy atom. The van der Waals surface area contributed by atoms with Crippen molar-refractivity contribution < 1.29 is 4.79 Å². The molecule has 90 valence electrons. The lowest BCUT2D eigenvalue weighted by molar-refractivity contribution is -0.121. The molecule has 1 aromatic heterocycles. The highest BCUT2D eigenvalue weighted by Crippen LogP contribution is 2.02. The Balaban J connectivity index is 2.95. The van der Waals surface area contributed by atoms with Crippen molar-refractivity contribution in [2.24, 2.45) is 0 Å².